The molecule has 0 saturated heterocycles. The third-order valence-corrected chi connectivity index (χ3v) is 3.02. The molecule has 3 N–H and O–H groups in total. The topological polar surface area (TPSA) is 72.9 Å². The van der Waals surface area contributed by atoms with Crippen molar-refractivity contribution in [2.75, 3.05) is 12.3 Å². The van der Waals surface area contributed by atoms with Gasteiger partial charge in [-0.05, 0) is 18.2 Å². The molecule has 2 rings (SSSR count). The van der Waals surface area contributed by atoms with E-state index in [9.17, 15) is 4.79 Å². The van der Waals surface area contributed by atoms with Crippen molar-refractivity contribution in [1.82, 2.24) is 15.1 Å². The number of anilines is 1. The quantitative estimate of drug-likeness (QED) is 0.909. The van der Waals surface area contributed by atoms with Crippen molar-refractivity contribution in [3.8, 4) is 0 Å². The molecule has 0 unspecified atom stereocenters. The highest BCUT2D eigenvalue weighted by atomic mass is 35.5. The van der Waals surface area contributed by atoms with Gasteiger partial charge in [-0.15, -0.1) is 0 Å². The monoisotopic (exact) mass is 298 g/mol. The number of aromatic nitrogens is 2. The number of hydrogen-bond donors (Lipinski definition) is 2. The smallest absolute Gasteiger partial charge is 0.252 e. The lowest BCUT2D eigenvalue weighted by Gasteiger charge is -2.07. The number of rotatable bonds is 4. The first-order valence-corrected chi connectivity index (χ1v) is 6.33. The fourth-order valence-corrected chi connectivity index (χ4v) is 1.93. The molecule has 19 heavy (non-hydrogen) atoms. The summed E-state index contributed by atoms with van der Waals surface area (Å²) >= 11 is 11.8. The maximum absolute atomic E-state index is 11.9. The van der Waals surface area contributed by atoms with Crippen LogP contribution in [0.3, 0.4) is 0 Å². The molecule has 0 fully saturated rings. The van der Waals surface area contributed by atoms with Crippen LogP contribution in [0.15, 0.2) is 30.6 Å². The lowest BCUT2D eigenvalue weighted by Crippen LogP contribution is -2.27. The van der Waals surface area contributed by atoms with E-state index in [1.165, 1.54) is 6.07 Å². The molecule has 1 aromatic carbocycles. The van der Waals surface area contributed by atoms with Crippen molar-refractivity contribution in [3.05, 3.63) is 46.2 Å². The molecular weight excluding hydrogens is 287 g/mol. The second kappa shape index (κ2) is 5.95. The van der Waals surface area contributed by atoms with Gasteiger partial charge in [0, 0.05) is 17.8 Å². The lowest BCUT2D eigenvalue weighted by atomic mass is 10.2. The Hall–Kier alpha value is -1.72. The van der Waals surface area contributed by atoms with E-state index < -0.39 is 0 Å². The summed E-state index contributed by atoms with van der Waals surface area (Å²) in [5.74, 6) is -0.271. The largest absolute Gasteiger partial charge is 0.396 e. The zero-order valence-electron chi connectivity index (χ0n) is 9.94. The Bertz CT molecular complexity index is 597. The first-order valence-electron chi connectivity index (χ1n) is 5.57. The molecule has 0 radical (unpaired) electrons. The van der Waals surface area contributed by atoms with Crippen LogP contribution in [-0.4, -0.2) is 22.2 Å². The van der Waals surface area contributed by atoms with Crippen molar-refractivity contribution in [3.63, 3.8) is 0 Å². The number of nitrogens with zero attached hydrogens (tertiary/aromatic N) is 2. The summed E-state index contributed by atoms with van der Waals surface area (Å²) in [6.07, 6.45) is 3.24. The molecule has 0 aliphatic carbocycles. The minimum absolute atomic E-state index is 0.271. The van der Waals surface area contributed by atoms with Gasteiger partial charge in [0.15, 0.2) is 0 Å². The molecule has 0 spiro atoms. The number of nitrogens with one attached hydrogen (secondary N) is 1. The number of carbonyl (C=O) groups is 1. The first-order chi connectivity index (χ1) is 9.06. The number of hydrogen-bond acceptors (Lipinski definition) is 3. The molecule has 100 valence electrons. The second-order valence-electron chi connectivity index (χ2n) is 3.92. The minimum Gasteiger partial charge on any atom is -0.396 e. The van der Waals surface area contributed by atoms with Gasteiger partial charge >= 0.3 is 0 Å². The van der Waals surface area contributed by atoms with Crippen molar-refractivity contribution in [2.45, 2.75) is 6.54 Å². The Kier molecular flexibility index (Phi) is 4.29. The van der Waals surface area contributed by atoms with E-state index in [2.05, 4.69) is 10.4 Å². The number of carbonyl (C=O) groups excluding carboxylic acids is 1. The van der Waals surface area contributed by atoms with Gasteiger partial charge in [-0.1, -0.05) is 23.2 Å². The average molecular weight is 299 g/mol. The number of amides is 1. The van der Waals surface area contributed by atoms with Gasteiger partial charge in [-0.2, -0.15) is 5.10 Å². The van der Waals surface area contributed by atoms with Crippen LogP contribution in [0.25, 0.3) is 0 Å². The Morgan fingerprint density at radius 3 is 2.89 bits per heavy atom. The molecule has 1 heterocycles. The highest BCUT2D eigenvalue weighted by Crippen LogP contribution is 2.20. The van der Waals surface area contributed by atoms with E-state index in [0.717, 1.165) is 0 Å². The summed E-state index contributed by atoms with van der Waals surface area (Å²) in [5, 5.41) is 7.58. The maximum Gasteiger partial charge on any atom is 0.252 e. The maximum atomic E-state index is 11.9. The van der Waals surface area contributed by atoms with E-state index in [1.807, 2.05) is 0 Å². The first kappa shape index (κ1) is 13.7. The number of nitrogens with two attached hydrogens (primary N) is 1. The Labute approximate surface area is 120 Å². The molecule has 0 bridgehead atoms. The average Bonchev–Trinajstić information content (AvgIpc) is 2.78. The third-order valence-electron chi connectivity index (χ3n) is 2.45. The summed E-state index contributed by atoms with van der Waals surface area (Å²) in [6.45, 7) is 0.948. The molecule has 5 nitrogen and oxygen atoms in total. The van der Waals surface area contributed by atoms with Crippen LogP contribution in [0.4, 0.5) is 5.69 Å². The summed E-state index contributed by atoms with van der Waals surface area (Å²) in [7, 11) is 0. The van der Waals surface area contributed by atoms with Crippen molar-refractivity contribution in [1.29, 1.82) is 0 Å². The molecule has 0 saturated carbocycles. The minimum atomic E-state index is -0.271. The Balaban J connectivity index is 1.92. The molecule has 2 aromatic rings. The molecular formula is C12H12Cl2N4O. The van der Waals surface area contributed by atoms with Gasteiger partial charge < -0.3 is 11.1 Å². The molecule has 0 aliphatic rings. The van der Waals surface area contributed by atoms with Crippen LogP contribution in [0.5, 0.6) is 0 Å². The molecule has 0 aliphatic heterocycles. The summed E-state index contributed by atoms with van der Waals surface area (Å²) < 4.78 is 1.65. The van der Waals surface area contributed by atoms with Crippen molar-refractivity contribution < 1.29 is 4.79 Å². The lowest BCUT2D eigenvalue weighted by molar-refractivity contribution is 0.0952. The van der Waals surface area contributed by atoms with Crippen LogP contribution in [0.1, 0.15) is 10.4 Å². The number of halogens is 2. The standard InChI is InChI=1S/C12H12Cl2N4O/c13-8-1-2-11(14)10(5-8)12(19)16-3-4-18-7-9(15)6-17-18/h1-2,5-7H,3-4,15H2,(H,16,19). The zero-order valence-corrected chi connectivity index (χ0v) is 11.4. The summed E-state index contributed by atoms with van der Waals surface area (Å²) in [5.41, 5.74) is 6.48. The Morgan fingerprint density at radius 1 is 1.42 bits per heavy atom. The Morgan fingerprint density at radius 2 is 2.21 bits per heavy atom. The number of benzene rings is 1. The van der Waals surface area contributed by atoms with E-state index >= 15 is 0 Å². The molecule has 1 amide bonds. The number of nitrogen functional groups attached to an aromatic ring is 1. The summed E-state index contributed by atoms with van der Waals surface area (Å²) in [4.78, 5) is 11.9. The normalized spacial score (nSPS) is 10.4. The van der Waals surface area contributed by atoms with E-state index in [0.29, 0.717) is 34.4 Å². The van der Waals surface area contributed by atoms with Gasteiger partial charge in [-0.3, -0.25) is 9.48 Å². The highest BCUT2D eigenvalue weighted by Gasteiger charge is 2.10. The molecule has 0 atom stereocenters. The third kappa shape index (κ3) is 3.62. The van der Waals surface area contributed by atoms with Crippen molar-refractivity contribution >= 4 is 34.8 Å². The van der Waals surface area contributed by atoms with Crippen LogP contribution in [-0.2, 0) is 6.54 Å². The molecule has 1 aromatic heterocycles. The van der Waals surface area contributed by atoms with Gasteiger partial charge in [0.2, 0.25) is 0 Å². The van der Waals surface area contributed by atoms with Gasteiger partial charge in [0.1, 0.15) is 0 Å². The van der Waals surface area contributed by atoms with Crippen LogP contribution in [0.2, 0.25) is 10.0 Å². The fourth-order valence-electron chi connectivity index (χ4n) is 1.55. The van der Waals surface area contributed by atoms with E-state index in [-0.39, 0.29) is 5.91 Å². The summed E-state index contributed by atoms with van der Waals surface area (Å²) in [6, 6.07) is 4.76. The van der Waals surface area contributed by atoms with E-state index in [4.69, 9.17) is 28.9 Å². The predicted octanol–water partition coefficient (Wildman–Crippen LogP) is 2.20. The van der Waals surface area contributed by atoms with Crippen LogP contribution < -0.4 is 11.1 Å². The van der Waals surface area contributed by atoms with Crippen molar-refractivity contribution in [2.24, 2.45) is 0 Å². The van der Waals surface area contributed by atoms with Crippen LogP contribution in [0, 0.1) is 0 Å². The van der Waals surface area contributed by atoms with Gasteiger partial charge in [-0.25, -0.2) is 0 Å². The van der Waals surface area contributed by atoms with Crippen LogP contribution >= 0.6 is 23.2 Å². The van der Waals surface area contributed by atoms with Gasteiger partial charge in [0.05, 0.1) is 29.0 Å². The fraction of sp³-hybridized carbons (Fsp3) is 0.167. The predicted molar refractivity (Wildman–Crippen MR) is 75.4 cm³/mol. The highest BCUT2D eigenvalue weighted by molar-refractivity contribution is 6.35. The second-order valence-corrected chi connectivity index (χ2v) is 4.76. The zero-order chi connectivity index (χ0) is 13.8. The SMILES string of the molecule is Nc1cnn(CCNC(=O)c2cc(Cl)ccc2Cl)c1. The molecule has 7 heteroatoms. The van der Waals surface area contributed by atoms with E-state index in [1.54, 1.807) is 29.2 Å². The van der Waals surface area contributed by atoms with Gasteiger partial charge in [0.25, 0.3) is 5.91 Å².